The lowest BCUT2D eigenvalue weighted by atomic mass is 9.88. The molecule has 498 valence electrons. The normalized spacial score (nSPS) is 20.4. The molecule has 49 heteroatoms. The van der Waals surface area contributed by atoms with Crippen molar-refractivity contribution < 1.29 is 196 Å². The molecule has 0 radical (unpaired) electrons. The van der Waals surface area contributed by atoms with Crippen LogP contribution in [0.5, 0.6) is 0 Å². The molecule has 0 saturated carbocycles. The molecule has 1 unspecified atom stereocenters. The number of aromatic amines is 1. The largest absolute Gasteiger partial charge is 0.472 e. The van der Waals surface area contributed by atoms with Gasteiger partial charge in [-0.1, -0.05) is 0 Å². The lowest BCUT2D eigenvalue weighted by Gasteiger charge is -2.42. The highest BCUT2D eigenvalue weighted by Gasteiger charge is 2.97. The van der Waals surface area contributed by atoms with E-state index in [1.54, 1.807) is 0 Å². The van der Waals surface area contributed by atoms with Crippen molar-refractivity contribution >= 4 is 19.8 Å². The van der Waals surface area contributed by atoms with E-state index in [-0.39, 0.29) is 27.9 Å². The number of rotatable bonds is 28. The van der Waals surface area contributed by atoms with Gasteiger partial charge in [-0.2, -0.15) is 149 Å². The van der Waals surface area contributed by atoms with Crippen LogP contribution in [0.1, 0.15) is 31.9 Å². The lowest BCUT2D eigenvalue weighted by molar-refractivity contribution is -0.870. The smallest absolute Gasteiger partial charge is 0.455 e. The first-order valence-electron chi connectivity index (χ1n) is 21.3. The van der Waals surface area contributed by atoms with Crippen molar-refractivity contribution in [2.24, 2.45) is 0 Å². The maximum Gasteiger partial charge on any atom is 0.472 e. The number of nitrogens with zero attached hydrogens (tertiary/aromatic N) is 2. The maximum atomic E-state index is 14.8. The number of nitrogens with one attached hydrogen (secondary N) is 1. The van der Waals surface area contributed by atoms with E-state index in [0.29, 0.717) is 0 Å². The minimum absolute atomic E-state index is 0.114. The molecular weight excluding hydrogens is 1330 g/mol. The quantitative estimate of drug-likeness (QED) is 0.0354. The molecule has 5 atom stereocenters. The summed E-state index contributed by atoms with van der Waals surface area (Å²) in [6.07, 6.45) is -42.1. The fraction of sp³-hybridized carbons (Fsp3) is 0.833. The minimum atomic E-state index is -9.16. The molecule has 1 fully saturated rings. The molecule has 85 heavy (non-hydrogen) atoms. The van der Waals surface area contributed by atoms with Crippen molar-refractivity contribution in [1.29, 1.82) is 0 Å². The summed E-state index contributed by atoms with van der Waals surface area (Å²) in [6.45, 7) is -3.04. The van der Waals surface area contributed by atoms with Gasteiger partial charge < -0.3 is 23.6 Å². The average molecular weight is 1360 g/mol. The number of phosphoric acid groups is 1. The zero-order valence-corrected chi connectivity index (χ0v) is 41.5. The first-order chi connectivity index (χ1) is 37.1. The first-order valence-corrected chi connectivity index (χ1v) is 22.8. The zero-order valence-electron chi connectivity index (χ0n) is 40.6. The lowest BCUT2D eigenvalue weighted by Crippen LogP contribution is -2.74. The molecule has 1 aliphatic heterocycles. The van der Waals surface area contributed by atoms with Crippen LogP contribution < -0.4 is 11.2 Å². The molecule has 0 bridgehead atoms. The third kappa shape index (κ3) is 13.4. The van der Waals surface area contributed by atoms with Crippen molar-refractivity contribution in [1.82, 2.24) is 9.55 Å². The summed E-state index contributed by atoms with van der Waals surface area (Å²) in [4.78, 5) is 61.8. The van der Waals surface area contributed by atoms with Crippen molar-refractivity contribution in [3.8, 4) is 0 Å². The van der Waals surface area contributed by atoms with Gasteiger partial charge in [-0.3, -0.25) is 33.0 Å². The molecule has 1 aliphatic rings. The van der Waals surface area contributed by atoms with Crippen LogP contribution in [0.4, 0.5) is 149 Å². The number of ether oxygens (including phenoxy) is 3. The minimum Gasteiger partial charge on any atom is -0.455 e. The van der Waals surface area contributed by atoms with Crippen LogP contribution in [0, 0.1) is 0 Å². The molecule has 0 aliphatic carbocycles. The second-order valence-electron chi connectivity index (χ2n) is 18.4. The standard InChI is InChI=1S/C36H30F34N3O11P/c1-73(2,3)10-11-80-85(78,79)81-12-13-17(83-15(75)4-7-21(37,38)23(41,42)25(45,46)27(49,50)29(53,54)31(57,58)33(61,62)35(65,66)67)18(19(82-13)72-9-6-14(74)71-20(72)77)84-16(76)5-8-22(39,40)24(43,44)26(47,48)28(51,52)30(55,56)32(59,60)34(63,64)36(68,69)70/h6,9,13,17-19H,4-5,7-8,10-12H2,1-3H3,(H-,71,74,77,78,79)/p+1/t13-,17-,18-,19-/m1/s1. The Bertz CT molecular complexity index is 2720. The fourth-order valence-electron chi connectivity index (χ4n) is 6.24. The number of likely N-dealkylation sites (N-methyl/N-ethyl adjacent to an activating group) is 1. The highest BCUT2D eigenvalue weighted by atomic mass is 31.2. The molecule has 1 aromatic heterocycles. The first kappa shape index (κ1) is 76.4. The number of aromatic nitrogens is 2. The third-order valence-electron chi connectivity index (χ3n) is 11.2. The summed E-state index contributed by atoms with van der Waals surface area (Å²) < 4.78 is 505. The Morgan fingerprint density at radius 2 is 0.847 bits per heavy atom. The number of hydrogen-bond donors (Lipinski definition) is 2. The van der Waals surface area contributed by atoms with E-state index < -0.39 is 190 Å². The number of esters is 2. The molecule has 0 amide bonds. The Kier molecular flexibility index (Phi) is 20.7. The molecular formula is C36H31F34N3O11P+. The van der Waals surface area contributed by atoms with Gasteiger partial charge in [0, 0.05) is 25.1 Å². The molecule has 2 heterocycles. The molecule has 14 nitrogen and oxygen atoms in total. The van der Waals surface area contributed by atoms with Crippen LogP contribution in [0.2, 0.25) is 0 Å². The second-order valence-corrected chi connectivity index (χ2v) is 19.9. The molecule has 1 saturated heterocycles. The number of hydrogen-bond acceptors (Lipinski definition) is 10. The Hall–Kier alpha value is -4.73. The van der Waals surface area contributed by atoms with Crippen LogP contribution in [0.15, 0.2) is 21.9 Å². The molecule has 2 rings (SSSR count). The van der Waals surface area contributed by atoms with Crippen LogP contribution in [0.25, 0.3) is 0 Å². The van der Waals surface area contributed by atoms with E-state index in [9.17, 15) is 178 Å². The van der Waals surface area contributed by atoms with Gasteiger partial charge in [0.25, 0.3) is 5.56 Å². The van der Waals surface area contributed by atoms with Gasteiger partial charge in [-0.05, 0) is 0 Å². The van der Waals surface area contributed by atoms with Crippen LogP contribution in [-0.4, -0.2) is 185 Å². The highest BCUT2D eigenvalue weighted by Crippen LogP contribution is 2.66. The molecule has 0 aromatic carbocycles. The van der Waals surface area contributed by atoms with E-state index in [1.165, 1.54) is 26.1 Å². The summed E-state index contributed by atoms with van der Waals surface area (Å²) in [5.41, 5.74) is -3.47. The number of carbonyl (C=O) groups is 2. The Morgan fingerprint density at radius 1 is 0.529 bits per heavy atom. The van der Waals surface area contributed by atoms with E-state index in [0.717, 1.165) is 0 Å². The fourth-order valence-corrected chi connectivity index (χ4v) is 6.97. The Labute approximate surface area is 445 Å². The van der Waals surface area contributed by atoms with E-state index in [4.69, 9.17) is 4.74 Å². The summed E-state index contributed by atoms with van der Waals surface area (Å²) in [5.74, 6) is -127. The van der Waals surface area contributed by atoms with Crippen molar-refractivity contribution in [3.63, 3.8) is 0 Å². The predicted octanol–water partition coefficient (Wildman–Crippen LogP) is 10.7. The third-order valence-corrected chi connectivity index (χ3v) is 12.2. The van der Waals surface area contributed by atoms with Crippen molar-refractivity contribution in [2.75, 3.05) is 40.9 Å². The number of quaternary nitrogens is 1. The Morgan fingerprint density at radius 3 is 1.16 bits per heavy atom. The molecule has 0 spiro atoms. The predicted molar refractivity (Wildman–Crippen MR) is 199 cm³/mol. The Balaban J connectivity index is 2.77. The SMILES string of the molecule is C[N+](C)(C)CCOP(=O)(O)OC[C@H]1O[C@@H](n2ccc(=O)[nH]c2=O)[C@H](OC(=O)CCC(F)(F)C(F)(F)C(F)(F)C(F)(F)C(F)(F)C(F)(F)C(F)(F)C(F)(F)F)[C@@H]1OC(=O)CCC(F)(F)C(F)(F)C(F)(F)C(F)(F)C(F)(F)C(F)(F)C(F)(F)C(F)(F)F. The maximum absolute atomic E-state index is 14.8. The van der Waals surface area contributed by atoms with Gasteiger partial charge in [0.05, 0.1) is 40.6 Å². The zero-order chi connectivity index (χ0) is 67.8. The van der Waals surface area contributed by atoms with Gasteiger partial charge in [-0.15, -0.1) is 0 Å². The molecule has 1 aromatic rings. The van der Waals surface area contributed by atoms with Crippen molar-refractivity contribution in [2.45, 2.75) is 145 Å². The summed E-state index contributed by atoms with van der Waals surface area (Å²) in [7, 11) is -1.51. The summed E-state index contributed by atoms with van der Waals surface area (Å²) in [6, 6.07) is 0.181. The summed E-state index contributed by atoms with van der Waals surface area (Å²) >= 11 is 0. The van der Waals surface area contributed by atoms with Crippen molar-refractivity contribution in [3.05, 3.63) is 33.1 Å². The average Bonchev–Trinajstić information content (AvgIpc) is 1.21. The highest BCUT2D eigenvalue weighted by molar-refractivity contribution is 7.47. The van der Waals surface area contributed by atoms with E-state index >= 15 is 0 Å². The van der Waals surface area contributed by atoms with Gasteiger partial charge in [0.1, 0.15) is 19.3 Å². The van der Waals surface area contributed by atoms with E-state index in [2.05, 4.69) is 18.5 Å². The molecule has 2 N–H and O–H groups in total. The van der Waals surface area contributed by atoms with Crippen LogP contribution in [0.3, 0.4) is 0 Å². The van der Waals surface area contributed by atoms with Crippen LogP contribution >= 0.6 is 7.82 Å². The number of alkyl halides is 34. The van der Waals surface area contributed by atoms with Gasteiger partial charge in [0.2, 0.25) is 0 Å². The van der Waals surface area contributed by atoms with Crippen LogP contribution in [-0.2, 0) is 37.4 Å². The van der Waals surface area contributed by atoms with Gasteiger partial charge in [0.15, 0.2) is 18.4 Å². The van der Waals surface area contributed by atoms with Gasteiger partial charge >= 0.3 is 121 Å². The van der Waals surface area contributed by atoms with Gasteiger partial charge in [-0.25, -0.2) is 9.36 Å². The summed E-state index contributed by atoms with van der Waals surface area (Å²) in [5, 5.41) is 0. The number of phosphoric ester groups is 1. The monoisotopic (exact) mass is 1360 g/mol. The second kappa shape index (κ2) is 23.0. The number of halogens is 34. The topological polar surface area (TPSA) is 172 Å². The number of carbonyl (C=O) groups excluding carboxylic acids is 2. The number of H-pyrrole nitrogens is 1. The van der Waals surface area contributed by atoms with E-state index in [1.807, 2.05) is 0 Å².